The van der Waals surface area contributed by atoms with Crippen molar-refractivity contribution in [3.8, 4) is 11.5 Å². The van der Waals surface area contributed by atoms with E-state index < -0.39 is 0 Å². The minimum absolute atomic E-state index is 0.0764. The summed E-state index contributed by atoms with van der Waals surface area (Å²) in [5.74, 6) is 0.247. The summed E-state index contributed by atoms with van der Waals surface area (Å²) in [4.78, 5) is 14.1. The van der Waals surface area contributed by atoms with Gasteiger partial charge in [-0.05, 0) is 43.2 Å². The number of carbonyl (C=O) groups is 1. The maximum atomic E-state index is 13.1. The third kappa shape index (κ3) is 4.54. The Hall–Kier alpha value is -2.67. The summed E-state index contributed by atoms with van der Waals surface area (Å²) in [6.07, 6.45) is 0. The minimum Gasteiger partial charge on any atom is -0.411 e. The number of aryl methyl sites for hydroxylation is 1. The average Bonchev–Trinajstić information content (AvgIpc) is 3.14. The maximum absolute atomic E-state index is 13.1. The molecule has 2 aromatic carbocycles. The van der Waals surface area contributed by atoms with Gasteiger partial charge in [-0.25, -0.2) is 4.39 Å². The third-order valence-electron chi connectivity index (χ3n) is 4.43. The van der Waals surface area contributed by atoms with Crippen molar-refractivity contribution in [3.05, 3.63) is 65.5 Å². The van der Waals surface area contributed by atoms with Crippen molar-refractivity contribution < 1.29 is 13.6 Å². The molecule has 1 unspecified atom stereocenters. The van der Waals surface area contributed by atoms with Gasteiger partial charge in [0.15, 0.2) is 0 Å². The molecular weight excluding hydrogens is 365 g/mol. The molecule has 1 atom stereocenters. The van der Waals surface area contributed by atoms with E-state index in [1.165, 1.54) is 23.9 Å². The first-order chi connectivity index (χ1) is 13.0. The van der Waals surface area contributed by atoms with Crippen LogP contribution >= 0.6 is 11.8 Å². The molecule has 0 saturated heterocycles. The number of carbonyl (C=O) groups excluding carboxylic acids is 1. The second-order valence-electron chi connectivity index (χ2n) is 6.21. The Morgan fingerprint density at radius 1 is 1.19 bits per heavy atom. The predicted octanol–water partition coefficient (Wildman–Crippen LogP) is 4.50. The Morgan fingerprint density at radius 3 is 2.59 bits per heavy atom. The normalized spacial score (nSPS) is 12.0. The molecule has 0 bridgehead atoms. The van der Waals surface area contributed by atoms with Crippen molar-refractivity contribution in [3.63, 3.8) is 0 Å². The Labute approximate surface area is 161 Å². The minimum atomic E-state index is -0.295. The number of rotatable bonds is 6. The Balaban J connectivity index is 1.60. The van der Waals surface area contributed by atoms with Gasteiger partial charge < -0.3 is 9.32 Å². The summed E-state index contributed by atoms with van der Waals surface area (Å²) in [7, 11) is 1.73. The van der Waals surface area contributed by atoms with Crippen LogP contribution in [-0.4, -0.2) is 33.8 Å². The van der Waals surface area contributed by atoms with Crippen molar-refractivity contribution in [2.45, 2.75) is 25.1 Å². The highest BCUT2D eigenvalue weighted by molar-refractivity contribution is 7.99. The third-order valence-corrected chi connectivity index (χ3v) is 5.23. The van der Waals surface area contributed by atoms with Crippen LogP contribution in [0.5, 0.6) is 0 Å². The molecule has 0 aliphatic rings. The van der Waals surface area contributed by atoms with Crippen LogP contribution < -0.4 is 0 Å². The van der Waals surface area contributed by atoms with E-state index in [1.807, 2.05) is 38.1 Å². The highest BCUT2D eigenvalue weighted by Crippen LogP contribution is 2.26. The second kappa shape index (κ2) is 8.35. The lowest BCUT2D eigenvalue weighted by atomic mass is 10.1. The fourth-order valence-electron chi connectivity index (χ4n) is 2.60. The van der Waals surface area contributed by atoms with Crippen LogP contribution in [0.2, 0.25) is 0 Å². The van der Waals surface area contributed by atoms with E-state index in [4.69, 9.17) is 4.42 Å². The van der Waals surface area contributed by atoms with Gasteiger partial charge in [0.25, 0.3) is 5.22 Å². The fraction of sp³-hybridized carbons (Fsp3) is 0.250. The highest BCUT2D eigenvalue weighted by atomic mass is 32.2. The maximum Gasteiger partial charge on any atom is 0.277 e. The van der Waals surface area contributed by atoms with E-state index in [9.17, 15) is 9.18 Å². The van der Waals surface area contributed by atoms with E-state index in [0.717, 1.165) is 16.7 Å². The highest BCUT2D eigenvalue weighted by Gasteiger charge is 2.19. The quantitative estimate of drug-likeness (QED) is 0.585. The van der Waals surface area contributed by atoms with Crippen LogP contribution in [-0.2, 0) is 4.79 Å². The molecule has 0 fully saturated rings. The second-order valence-corrected chi connectivity index (χ2v) is 7.14. The van der Waals surface area contributed by atoms with Crippen molar-refractivity contribution in [2.75, 3.05) is 12.8 Å². The molecule has 3 aromatic rings. The molecule has 27 heavy (non-hydrogen) atoms. The molecule has 0 radical (unpaired) electrons. The number of benzene rings is 2. The summed E-state index contributed by atoms with van der Waals surface area (Å²) in [6, 6.07) is 13.7. The standard InChI is InChI=1S/C20H20FN3O2S/c1-13-6-4-5-7-17(13)19-22-23-20(26-19)27-12-18(25)24(3)14(2)15-8-10-16(21)11-9-15/h4-11,14H,12H2,1-3H3. The molecule has 0 aliphatic heterocycles. The van der Waals surface area contributed by atoms with Gasteiger partial charge in [-0.3, -0.25) is 4.79 Å². The number of nitrogens with zero attached hydrogens (tertiary/aromatic N) is 3. The fourth-order valence-corrected chi connectivity index (χ4v) is 3.28. The summed E-state index contributed by atoms with van der Waals surface area (Å²) in [6.45, 7) is 3.88. The molecule has 1 heterocycles. The van der Waals surface area contributed by atoms with Crippen LogP contribution in [0.1, 0.15) is 24.1 Å². The largest absolute Gasteiger partial charge is 0.411 e. The molecule has 0 saturated carbocycles. The molecule has 3 rings (SSSR count). The molecular formula is C20H20FN3O2S. The molecule has 0 N–H and O–H groups in total. The Morgan fingerprint density at radius 2 is 1.89 bits per heavy atom. The Bertz CT molecular complexity index is 927. The first-order valence-electron chi connectivity index (χ1n) is 8.49. The van der Waals surface area contributed by atoms with Gasteiger partial charge in [0.05, 0.1) is 11.8 Å². The van der Waals surface area contributed by atoms with Crippen LogP contribution in [0.4, 0.5) is 4.39 Å². The lowest BCUT2D eigenvalue weighted by molar-refractivity contribution is -0.128. The van der Waals surface area contributed by atoms with E-state index in [1.54, 1.807) is 24.1 Å². The zero-order valence-electron chi connectivity index (χ0n) is 15.3. The van der Waals surface area contributed by atoms with Crippen molar-refractivity contribution in [1.82, 2.24) is 15.1 Å². The number of amides is 1. The molecule has 1 amide bonds. The van der Waals surface area contributed by atoms with E-state index in [-0.39, 0.29) is 23.5 Å². The first-order valence-corrected chi connectivity index (χ1v) is 9.47. The summed E-state index contributed by atoms with van der Waals surface area (Å²) in [5.41, 5.74) is 2.80. The van der Waals surface area contributed by atoms with E-state index in [0.29, 0.717) is 11.1 Å². The lowest BCUT2D eigenvalue weighted by Gasteiger charge is -2.25. The van der Waals surface area contributed by atoms with Gasteiger partial charge in [-0.15, -0.1) is 10.2 Å². The van der Waals surface area contributed by atoms with Crippen LogP contribution in [0.3, 0.4) is 0 Å². The van der Waals surface area contributed by atoms with Crippen LogP contribution in [0.25, 0.3) is 11.5 Å². The summed E-state index contributed by atoms with van der Waals surface area (Å²) < 4.78 is 18.7. The molecule has 1 aromatic heterocycles. The predicted molar refractivity (Wildman–Crippen MR) is 103 cm³/mol. The summed E-state index contributed by atoms with van der Waals surface area (Å²) >= 11 is 1.20. The monoisotopic (exact) mass is 385 g/mol. The van der Waals surface area contributed by atoms with Crippen LogP contribution in [0, 0.1) is 12.7 Å². The van der Waals surface area contributed by atoms with Gasteiger partial charge in [0.1, 0.15) is 5.82 Å². The van der Waals surface area contributed by atoms with Crippen molar-refractivity contribution in [1.29, 1.82) is 0 Å². The smallest absolute Gasteiger partial charge is 0.277 e. The molecule has 0 aliphatic carbocycles. The summed E-state index contributed by atoms with van der Waals surface area (Å²) in [5, 5.41) is 8.43. The molecule has 140 valence electrons. The van der Waals surface area contributed by atoms with Crippen molar-refractivity contribution >= 4 is 17.7 Å². The van der Waals surface area contributed by atoms with Crippen molar-refractivity contribution in [2.24, 2.45) is 0 Å². The topological polar surface area (TPSA) is 59.2 Å². The van der Waals surface area contributed by atoms with Crippen LogP contribution in [0.15, 0.2) is 58.2 Å². The van der Waals surface area contributed by atoms with Gasteiger partial charge >= 0.3 is 0 Å². The molecule has 0 spiro atoms. The SMILES string of the molecule is Cc1ccccc1-c1nnc(SCC(=O)N(C)C(C)c2ccc(F)cc2)o1. The first kappa shape index (κ1) is 19.1. The van der Waals surface area contributed by atoms with E-state index in [2.05, 4.69) is 10.2 Å². The van der Waals surface area contributed by atoms with Gasteiger partial charge in [0, 0.05) is 12.6 Å². The molecule has 7 heteroatoms. The number of aromatic nitrogens is 2. The zero-order valence-corrected chi connectivity index (χ0v) is 16.2. The zero-order chi connectivity index (χ0) is 19.4. The van der Waals surface area contributed by atoms with E-state index >= 15 is 0 Å². The van der Waals surface area contributed by atoms with Gasteiger partial charge in [-0.1, -0.05) is 42.1 Å². The average molecular weight is 385 g/mol. The lowest BCUT2D eigenvalue weighted by Crippen LogP contribution is -2.31. The van der Waals surface area contributed by atoms with Gasteiger partial charge in [-0.2, -0.15) is 0 Å². The number of hydrogen-bond acceptors (Lipinski definition) is 5. The number of thioether (sulfide) groups is 1. The number of hydrogen-bond donors (Lipinski definition) is 0. The van der Waals surface area contributed by atoms with Gasteiger partial charge in [0.2, 0.25) is 11.8 Å². The Kier molecular flexibility index (Phi) is 5.91. The number of halogens is 1. The molecule has 5 nitrogen and oxygen atoms in total.